The summed E-state index contributed by atoms with van der Waals surface area (Å²) < 4.78 is 5.64. The molecule has 1 aromatic heterocycles. The number of benzene rings is 1. The molecule has 5 heteroatoms. The Morgan fingerprint density at radius 2 is 2.32 bits per heavy atom. The molecule has 0 fully saturated rings. The van der Waals surface area contributed by atoms with Crippen molar-refractivity contribution in [3.05, 3.63) is 46.2 Å². The topological polar surface area (TPSA) is 59.6 Å². The van der Waals surface area contributed by atoms with E-state index in [4.69, 9.17) is 10.5 Å². The van der Waals surface area contributed by atoms with Crippen LogP contribution in [-0.2, 0) is 6.54 Å². The van der Waals surface area contributed by atoms with Crippen LogP contribution in [0.15, 0.2) is 40.7 Å². The zero-order valence-corrected chi connectivity index (χ0v) is 11.2. The number of nitrogens with two attached hydrogens (primary N) is 1. The second kappa shape index (κ2) is 5.42. The number of fused-ring (bicyclic) bond motifs is 1. The van der Waals surface area contributed by atoms with Crippen LogP contribution in [0.2, 0.25) is 0 Å². The fraction of sp³-hybridized carbons (Fsp3) is 0.214. The molecule has 0 atom stereocenters. The van der Waals surface area contributed by atoms with E-state index in [0.717, 1.165) is 35.0 Å². The van der Waals surface area contributed by atoms with Crippen molar-refractivity contribution in [3.63, 3.8) is 0 Å². The van der Waals surface area contributed by atoms with Crippen LogP contribution in [0.3, 0.4) is 0 Å². The highest BCUT2D eigenvalue weighted by atomic mass is 32.1. The minimum absolute atomic E-state index is 0.553. The van der Waals surface area contributed by atoms with Crippen molar-refractivity contribution >= 4 is 22.9 Å². The molecule has 0 unspecified atom stereocenters. The number of aliphatic imine (C=N–C) groups is 1. The van der Waals surface area contributed by atoms with E-state index in [2.05, 4.69) is 10.3 Å². The number of hydrogen-bond acceptors (Lipinski definition) is 4. The van der Waals surface area contributed by atoms with E-state index in [1.54, 1.807) is 11.3 Å². The van der Waals surface area contributed by atoms with Gasteiger partial charge in [-0.1, -0.05) is 6.07 Å². The van der Waals surface area contributed by atoms with Crippen LogP contribution in [0.25, 0.3) is 0 Å². The van der Waals surface area contributed by atoms with Gasteiger partial charge in [0.25, 0.3) is 0 Å². The Hall–Kier alpha value is -1.85. The first-order valence-corrected chi connectivity index (χ1v) is 7.05. The summed E-state index contributed by atoms with van der Waals surface area (Å²) in [5.41, 5.74) is 7.97. The third-order valence-electron chi connectivity index (χ3n) is 2.92. The maximum Gasteiger partial charge on any atom is 0.141 e. The SMILES string of the molecule is NC(=Nc1ccc2c(c1)CNCCO2)c1cccs1. The van der Waals surface area contributed by atoms with Crippen LogP contribution >= 0.6 is 11.3 Å². The van der Waals surface area contributed by atoms with E-state index in [-0.39, 0.29) is 0 Å². The summed E-state index contributed by atoms with van der Waals surface area (Å²) in [4.78, 5) is 5.45. The first-order chi connectivity index (χ1) is 9.33. The fourth-order valence-electron chi connectivity index (χ4n) is 1.99. The number of ether oxygens (including phenoxy) is 1. The smallest absolute Gasteiger partial charge is 0.141 e. The lowest BCUT2D eigenvalue weighted by Crippen LogP contribution is -2.16. The van der Waals surface area contributed by atoms with E-state index in [1.807, 2.05) is 35.7 Å². The van der Waals surface area contributed by atoms with Crippen LogP contribution < -0.4 is 15.8 Å². The summed E-state index contributed by atoms with van der Waals surface area (Å²) in [6.45, 7) is 2.37. The number of thiophene rings is 1. The molecule has 2 aromatic rings. The Bertz CT molecular complexity index is 593. The average molecular weight is 273 g/mol. The molecule has 0 saturated heterocycles. The van der Waals surface area contributed by atoms with Crippen LogP contribution in [0.5, 0.6) is 5.75 Å². The van der Waals surface area contributed by atoms with Crippen LogP contribution in [0, 0.1) is 0 Å². The third-order valence-corrected chi connectivity index (χ3v) is 3.81. The van der Waals surface area contributed by atoms with Gasteiger partial charge in [-0.3, -0.25) is 0 Å². The highest BCUT2D eigenvalue weighted by Gasteiger charge is 2.09. The summed E-state index contributed by atoms with van der Waals surface area (Å²) in [7, 11) is 0. The molecule has 0 amide bonds. The number of amidine groups is 1. The lowest BCUT2D eigenvalue weighted by molar-refractivity contribution is 0.326. The van der Waals surface area contributed by atoms with E-state index in [9.17, 15) is 0 Å². The number of hydrogen-bond donors (Lipinski definition) is 2. The van der Waals surface area contributed by atoms with Gasteiger partial charge in [-0.2, -0.15) is 0 Å². The van der Waals surface area contributed by atoms with Crippen LogP contribution in [-0.4, -0.2) is 19.0 Å². The largest absolute Gasteiger partial charge is 0.492 e. The van der Waals surface area contributed by atoms with Gasteiger partial charge >= 0.3 is 0 Å². The molecule has 2 heterocycles. The molecule has 1 aliphatic heterocycles. The fourth-order valence-corrected chi connectivity index (χ4v) is 2.62. The molecule has 19 heavy (non-hydrogen) atoms. The Kier molecular flexibility index (Phi) is 3.48. The van der Waals surface area contributed by atoms with E-state index < -0.39 is 0 Å². The van der Waals surface area contributed by atoms with Crippen molar-refractivity contribution in [2.45, 2.75) is 6.54 Å². The predicted octanol–water partition coefficient (Wildman–Crippen LogP) is 2.27. The van der Waals surface area contributed by atoms with Crippen molar-refractivity contribution in [1.82, 2.24) is 5.32 Å². The van der Waals surface area contributed by atoms with Gasteiger partial charge in [-0.15, -0.1) is 11.3 Å². The highest BCUT2D eigenvalue weighted by molar-refractivity contribution is 7.12. The van der Waals surface area contributed by atoms with Crippen molar-refractivity contribution in [1.29, 1.82) is 0 Å². The first-order valence-electron chi connectivity index (χ1n) is 6.17. The molecule has 0 saturated carbocycles. The van der Waals surface area contributed by atoms with Crippen molar-refractivity contribution < 1.29 is 4.74 Å². The van der Waals surface area contributed by atoms with Crippen molar-refractivity contribution in [2.75, 3.05) is 13.2 Å². The maximum absolute atomic E-state index is 5.99. The summed E-state index contributed by atoms with van der Waals surface area (Å²) in [6, 6.07) is 9.86. The highest BCUT2D eigenvalue weighted by Crippen LogP contribution is 2.26. The van der Waals surface area contributed by atoms with Crippen molar-refractivity contribution in [3.8, 4) is 5.75 Å². The molecule has 98 valence electrons. The van der Waals surface area contributed by atoms with Gasteiger partial charge < -0.3 is 15.8 Å². The van der Waals surface area contributed by atoms with Gasteiger partial charge in [-0.05, 0) is 29.6 Å². The Labute approximate surface area is 115 Å². The van der Waals surface area contributed by atoms with Gasteiger partial charge in [0, 0.05) is 18.7 Å². The maximum atomic E-state index is 5.99. The quantitative estimate of drug-likeness (QED) is 0.652. The minimum atomic E-state index is 0.553. The monoisotopic (exact) mass is 273 g/mol. The predicted molar refractivity (Wildman–Crippen MR) is 78.3 cm³/mol. The lowest BCUT2D eigenvalue weighted by Gasteiger charge is -2.07. The van der Waals surface area contributed by atoms with E-state index >= 15 is 0 Å². The molecule has 0 bridgehead atoms. The lowest BCUT2D eigenvalue weighted by atomic mass is 10.2. The van der Waals surface area contributed by atoms with E-state index in [1.165, 1.54) is 0 Å². The number of nitrogens with one attached hydrogen (secondary N) is 1. The molecule has 1 aromatic carbocycles. The normalized spacial score (nSPS) is 15.5. The Morgan fingerprint density at radius 3 is 3.16 bits per heavy atom. The molecule has 0 radical (unpaired) electrons. The molecular weight excluding hydrogens is 258 g/mol. The van der Waals surface area contributed by atoms with Crippen LogP contribution in [0.1, 0.15) is 10.4 Å². The molecule has 1 aliphatic rings. The molecular formula is C14H15N3OS. The average Bonchev–Trinajstić information content (AvgIpc) is 2.85. The number of nitrogens with zero attached hydrogens (tertiary/aromatic N) is 1. The van der Waals surface area contributed by atoms with Gasteiger partial charge in [0.2, 0.25) is 0 Å². The summed E-state index contributed by atoms with van der Waals surface area (Å²) >= 11 is 1.59. The molecule has 0 aliphatic carbocycles. The number of rotatable bonds is 2. The zero-order valence-electron chi connectivity index (χ0n) is 10.4. The summed E-state index contributed by atoms with van der Waals surface area (Å²) in [5.74, 6) is 1.48. The second-order valence-corrected chi connectivity index (χ2v) is 5.24. The van der Waals surface area contributed by atoms with Gasteiger partial charge in [-0.25, -0.2) is 4.99 Å². The molecule has 4 nitrogen and oxygen atoms in total. The first kappa shape index (κ1) is 12.2. The second-order valence-electron chi connectivity index (χ2n) is 4.29. The van der Waals surface area contributed by atoms with Crippen LogP contribution in [0.4, 0.5) is 5.69 Å². The summed E-state index contributed by atoms with van der Waals surface area (Å²) in [5, 5.41) is 5.30. The van der Waals surface area contributed by atoms with Crippen molar-refractivity contribution in [2.24, 2.45) is 10.7 Å². The van der Waals surface area contributed by atoms with Gasteiger partial charge in [0.1, 0.15) is 18.2 Å². The molecule has 3 N–H and O–H groups in total. The van der Waals surface area contributed by atoms with Gasteiger partial charge in [0.05, 0.1) is 10.6 Å². The Balaban J connectivity index is 1.90. The van der Waals surface area contributed by atoms with E-state index in [0.29, 0.717) is 12.4 Å². The minimum Gasteiger partial charge on any atom is -0.492 e. The zero-order chi connectivity index (χ0) is 13.1. The molecule has 0 spiro atoms. The van der Waals surface area contributed by atoms with Gasteiger partial charge in [0.15, 0.2) is 0 Å². The standard InChI is InChI=1S/C14H15N3OS/c15-14(13-2-1-7-19-13)17-11-3-4-12-10(8-11)9-16-5-6-18-12/h1-4,7-8,16H,5-6,9H2,(H2,15,17). The Morgan fingerprint density at radius 1 is 1.37 bits per heavy atom. The summed E-state index contributed by atoms with van der Waals surface area (Å²) in [6.07, 6.45) is 0. The third kappa shape index (κ3) is 2.77. The molecule has 3 rings (SSSR count).